The molecule has 11 heteroatoms. The Morgan fingerprint density at radius 3 is 2.62 bits per heavy atom. The summed E-state index contributed by atoms with van der Waals surface area (Å²) < 4.78 is 29.9. The number of benzene rings is 1. The molecule has 2 heterocycles. The Balaban J connectivity index is 1.82. The lowest BCUT2D eigenvalue weighted by atomic mass is 10.0. The first-order valence-electron chi connectivity index (χ1n) is 11.4. The molecular weight excluding hydrogens is 458 g/mol. The van der Waals surface area contributed by atoms with Gasteiger partial charge in [0.05, 0.1) is 10.6 Å². The van der Waals surface area contributed by atoms with Crippen LogP contribution in [-0.4, -0.2) is 54.4 Å². The fourth-order valence-corrected chi connectivity index (χ4v) is 4.94. The molecule has 1 aromatic heterocycles. The second-order valence-corrected chi connectivity index (χ2v) is 10.5. The number of hydrogen-bond donors (Lipinski definition) is 3. The highest BCUT2D eigenvalue weighted by atomic mass is 32.2. The van der Waals surface area contributed by atoms with E-state index < -0.39 is 39.7 Å². The molecule has 1 aromatic carbocycles. The first-order valence-corrected chi connectivity index (χ1v) is 12.9. The molecule has 0 saturated carbocycles. The van der Waals surface area contributed by atoms with Gasteiger partial charge in [-0.25, -0.2) is 8.42 Å². The quantitative estimate of drug-likeness (QED) is 0.491. The van der Waals surface area contributed by atoms with Gasteiger partial charge in [0.1, 0.15) is 12.1 Å². The minimum absolute atomic E-state index is 0.0137. The fourth-order valence-electron chi connectivity index (χ4n) is 3.71. The van der Waals surface area contributed by atoms with Crippen LogP contribution >= 0.6 is 0 Å². The summed E-state index contributed by atoms with van der Waals surface area (Å²) >= 11 is 0. The lowest BCUT2D eigenvalue weighted by Gasteiger charge is -2.23. The Bertz CT molecular complexity index is 1110. The second kappa shape index (κ2) is 11.4. The summed E-state index contributed by atoms with van der Waals surface area (Å²) in [4.78, 5) is 38.5. The van der Waals surface area contributed by atoms with Crippen molar-refractivity contribution in [2.75, 3.05) is 6.54 Å². The van der Waals surface area contributed by atoms with Crippen molar-refractivity contribution in [3.05, 3.63) is 48.3 Å². The van der Waals surface area contributed by atoms with E-state index in [9.17, 15) is 22.8 Å². The van der Waals surface area contributed by atoms with Gasteiger partial charge in [-0.3, -0.25) is 19.1 Å². The van der Waals surface area contributed by atoms with Crippen LogP contribution in [-0.2, 0) is 37.4 Å². The molecule has 0 spiro atoms. The van der Waals surface area contributed by atoms with Crippen LogP contribution in [0.4, 0.5) is 0 Å². The number of carbonyl (C=O) groups is 3. The summed E-state index contributed by atoms with van der Waals surface area (Å²) in [6.07, 6.45) is 3.50. The van der Waals surface area contributed by atoms with Crippen molar-refractivity contribution >= 4 is 27.6 Å². The molecule has 2 aromatic rings. The van der Waals surface area contributed by atoms with Crippen molar-refractivity contribution in [2.45, 2.75) is 63.1 Å². The van der Waals surface area contributed by atoms with E-state index in [2.05, 4.69) is 20.5 Å². The monoisotopic (exact) mass is 489 g/mol. The molecule has 184 valence electrons. The van der Waals surface area contributed by atoms with Gasteiger partial charge in [0.15, 0.2) is 0 Å². The Kier molecular flexibility index (Phi) is 8.56. The number of nitrogens with zero attached hydrogens (tertiary/aromatic N) is 2. The molecule has 0 saturated heterocycles. The predicted molar refractivity (Wildman–Crippen MR) is 125 cm³/mol. The molecule has 0 radical (unpaired) electrons. The Morgan fingerprint density at radius 2 is 1.91 bits per heavy atom. The number of ketones is 1. The first kappa shape index (κ1) is 25.6. The average Bonchev–Trinajstić information content (AvgIpc) is 3.24. The van der Waals surface area contributed by atoms with Crippen molar-refractivity contribution in [3.8, 4) is 0 Å². The molecule has 0 fully saturated rings. The number of rotatable bonds is 7. The van der Waals surface area contributed by atoms with Crippen molar-refractivity contribution in [1.29, 1.82) is 0 Å². The zero-order valence-electron chi connectivity index (χ0n) is 19.4. The highest BCUT2D eigenvalue weighted by Crippen LogP contribution is 2.13. The topological polar surface area (TPSA) is 139 Å². The summed E-state index contributed by atoms with van der Waals surface area (Å²) in [7, 11) is -3.97. The molecule has 34 heavy (non-hydrogen) atoms. The molecule has 3 rings (SSSR count). The fraction of sp³-hybridized carbons (Fsp3) is 0.478. The van der Waals surface area contributed by atoms with Gasteiger partial charge in [-0.15, -0.1) is 0 Å². The maximum Gasteiger partial charge on any atom is 0.289 e. The lowest BCUT2D eigenvalue weighted by Crippen LogP contribution is -2.55. The summed E-state index contributed by atoms with van der Waals surface area (Å²) in [5.74, 6) is -2.26. The molecule has 2 atom stereocenters. The van der Waals surface area contributed by atoms with Crippen LogP contribution in [0.1, 0.15) is 38.8 Å². The maximum absolute atomic E-state index is 13.2. The Labute approximate surface area is 199 Å². The molecule has 2 unspecified atom stereocenters. The van der Waals surface area contributed by atoms with Gasteiger partial charge in [0.2, 0.25) is 21.7 Å². The molecule has 1 aliphatic heterocycles. The van der Waals surface area contributed by atoms with Crippen LogP contribution in [0, 0.1) is 5.92 Å². The highest BCUT2D eigenvalue weighted by molar-refractivity contribution is 7.89. The number of amides is 2. The minimum atomic E-state index is -3.97. The summed E-state index contributed by atoms with van der Waals surface area (Å²) in [6, 6.07) is 7.19. The Hall–Kier alpha value is -3.05. The minimum Gasteiger partial charge on any atom is -0.349 e. The molecule has 2 amide bonds. The van der Waals surface area contributed by atoms with Crippen molar-refractivity contribution in [1.82, 2.24) is 25.1 Å². The second-order valence-electron chi connectivity index (χ2n) is 8.78. The van der Waals surface area contributed by atoms with Crippen molar-refractivity contribution in [3.63, 3.8) is 0 Å². The average molecular weight is 490 g/mol. The van der Waals surface area contributed by atoms with Gasteiger partial charge in [-0.05, 0) is 43.4 Å². The van der Waals surface area contributed by atoms with E-state index in [-0.39, 0.29) is 23.7 Å². The van der Waals surface area contributed by atoms with Crippen LogP contribution in [0.25, 0.3) is 0 Å². The van der Waals surface area contributed by atoms with Crippen molar-refractivity contribution in [2.24, 2.45) is 5.92 Å². The largest absolute Gasteiger partial charge is 0.349 e. The van der Waals surface area contributed by atoms with Crippen LogP contribution in [0.3, 0.4) is 0 Å². The third kappa shape index (κ3) is 6.97. The zero-order chi connectivity index (χ0) is 24.7. The highest BCUT2D eigenvalue weighted by Gasteiger charge is 2.32. The first-order chi connectivity index (χ1) is 16.2. The van der Waals surface area contributed by atoms with Crippen LogP contribution in [0.5, 0.6) is 0 Å². The standard InChI is InChI=1S/C23H31N5O5S/c1-16(2)14-20(27-34(32,33)18-8-4-3-5-9-18)22(30)25-19-15-17-10-13-28(26-17)12-7-6-11-24-23(31)21(19)29/h3-5,8-10,13,16,19-20,27H,6-7,11-12,14-15H2,1-2H3,(H,24,31)(H,25,30). The number of aromatic nitrogens is 2. The molecule has 1 aliphatic rings. The molecule has 3 N–H and O–H groups in total. The van der Waals surface area contributed by atoms with E-state index in [0.29, 0.717) is 25.2 Å². The number of carbonyl (C=O) groups excluding carboxylic acids is 3. The summed E-state index contributed by atoms with van der Waals surface area (Å²) in [5.41, 5.74) is 0.553. The van der Waals surface area contributed by atoms with E-state index >= 15 is 0 Å². The lowest BCUT2D eigenvalue weighted by molar-refractivity contribution is -0.140. The van der Waals surface area contributed by atoms with Gasteiger partial charge in [-0.1, -0.05) is 32.0 Å². The smallest absolute Gasteiger partial charge is 0.289 e. The van der Waals surface area contributed by atoms with E-state index in [0.717, 1.165) is 6.42 Å². The van der Waals surface area contributed by atoms with Gasteiger partial charge < -0.3 is 10.6 Å². The predicted octanol–water partition coefficient (Wildman–Crippen LogP) is 0.783. The SMILES string of the molecule is CC(C)CC(NS(=O)(=O)c1ccccc1)C(=O)NC1Cc2ccn(n2)CCCCNC(=O)C1=O. The van der Waals surface area contributed by atoms with Crippen molar-refractivity contribution < 1.29 is 22.8 Å². The summed E-state index contributed by atoms with van der Waals surface area (Å²) in [5, 5.41) is 9.62. The molecular formula is C23H31N5O5S. The zero-order valence-corrected chi connectivity index (χ0v) is 20.2. The molecule has 2 bridgehead atoms. The van der Waals surface area contributed by atoms with Gasteiger partial charge in [0, 0.05) is 25.7 Å². The third-order valence-corrected chi connectivity index (χ3v) is 6.93. The number of sulfonamides is 1. The number of aryl methyl sites for hydroxylation is 1. The molecule has 10 nitrogen and oxygen atoms in total. The maximum atomic E-state index is 13.2. The number of fused-ring (bicyclic) bond motifs is 2. The third-order valence-electron chi connectivity index (χ3n) is 5.44. The number of hydrogen-bond acceptors (Lipinski definition) is 6. The van der Waals surface area contributed by atoms with E-state index in [1.807, 2.05) is 13.8 Å². The number of Topliss-reactive ketones (excluding diaryl/α,β-unsaturated/α-hetero) is 1. The Morgan fingerprint density at radius 1 is 1.18 bits per heavy atom. The number of nitrogens with one attached hydrogen (secondary N) is 3. The van der Waals surface area contributed by atoms with E-state index in [4.69, 9.17) is 0 Å². The van der Waals surface area contributed by atoms with Gasteiger partial charge >= 0.3 is 0 Å². The van der Waals surface area contributed by atoms with Gasteiger partial charge in [-0.2, -0.15) is 9.82 Å². The van der Waals surface area contributed by atoms with Crippen LogP contribution in [0.2, 0.25) is 0 Å². The van der Waals surface area contributed by atoms with E-state index in [1.165, 1.54) is 12.1 Å². The van der Waals surface area contributed by atoms with Gasteiger partial charge in [0.25, 0.3) is 5.91 Å². The van der Waals surface area contributed by atoms with E-state index in [1.54, 1.807) is 35.1 Å². The van der Waals surface area contributed by atoms with Crippen LogP contribution in [0.15, 0.2) is 47.5 Å². The van der Waals surface area contributed by atoms with Crippen LogP contribution < -0.4 is 15.4 Å². The molecule has 0 aliphatic carbocycles. The summed E-state index contributed by atoms with van der Waals surface area (Å²) in [6.45, 7) is 4.74. The normalized spacial score (nSPS) is 18.5.